The summed E-state index contributed by atoms with van der Waals surface area (Å²) in [5.41, 5.74) is 0.571. The van der Waals surface area contributed by atoms with Gasteiger partial charge in [0, 0.05) is 24.6 Å². The van der Waals surface area contributed by atoms with Gasteiger partial charge in [0.1, 0.15) is 5.82 Å². The fourth-order valence-electron chi connectivity index (χ4n) is 2.27. The van der Waals surface area contributed by atoms with Crippen LogP contribution in [0.1, 0.15) is 36.0 Å². The molecule has 0 amide bonds. The average molecular weight is 265 g/mol. The highest BCUT2D eigenvalue weighted by Gasteiger charge is 2.27. The summed E-state index contributed by atoms with van der Waals surface area (Å²) in [6, 6.07) is 6.30. The van der Waals surface area contributed by atoms with Crippen molar-refractivity contribution in [1.82, 2.24) is 4.90 Å². The number of rotatable bonds is 8. The molecule has 104 valence electrons. The van der Waals surface area contributed by atoms with Crippen molar-refractivity contribution in [3.63, 3.8) is 0 Å². The molecular weight excluding hydrogens is 245 g/mol. The maximum absolute atomic E-state index is 12.7. The van der Waals surface area contributed by atoms with E-state index in [1.165, 1.54) is 37.1 Å². The Bertz CT molecular complexity index is 415. The maximum atomic E-state index is 12.7. The van der Waals surface area contributed by atoms with E-state index in [2.05, 4.69) is 4.90 Å². The highest BCUT2D eigenvalue weighted by molar-refractivity contribution is 5.95. The summed E-state index contributed by atoms with van der Waals surface area (Å²) in [4.78, 5) is 14.1. The molecule has 0 aliphatic heterocycles. The third-order valence-corrected chi connectivity index (χ3v) is 3.47. The molecule has 19 heavy (non-hydrogen) atoms. The second-order valence-electron chi connectivity index (χ2n) is 5.02. The molecule has 0 heterocycles. The lowest BCUT2D eigenvalue weighted by molar-refractivity contribution is 0.0972. The van der Waals surface area contributed by atoms with Gasteiger partial charge in [-0.2, -0.15) is 0 Å². The molecule has 0 saturated heterocycles. The minimum atomic E-state index is -0.320. The number of carbonyl (C=O) groups is 1. The van der Waals surface area contributed by atoms with Crippen LogP contribution in [0.15, 0.2) is 24.3 Å². The SMILES string of the molecule is O=C(CCCN(CCO)C1CC1)c1ccc(F)cc1. The van der Waals surface area contributed by atoms with E-state index >= 15 is 0 Å². The zero-order chi connectivity index (χ0) is 13.7. The number of benzene rings is 1. The van der Waals surface area contributed by atoms with E-state index in [1.807, 2.05) is 0 Å². The van der Waals surface area contributed by atoms with Crippen LogP contribution in [0, 0.1) is 5.82 Å². The number of nitrogens with zero attached hydrogens (tertiary/aromatic N) is 1. The minimum absolute atomic E-state index is 0.0553. The molecule has 1 fully saturated rings. The van der Waals surface area contributed by atoms with E-state index in [-0.39, 0.29) is 18.2 Å². The molecule has 2 rings (SSSR count). The lowest BCUT2D eigenvalue weighted by Crippen LogP contribution is -2.30. The molecule has 1 saturated carbocycles. The molecule has 0 radical (unpaired) electrons. The third kappa shape index (κ3) is 4.40. The Morgan fingerprint density at radius 3 is 2.53 bits per heavy atom. The zero-order valence-corrected chi connectivity index (χ0v) is 11.0. The van der Waals surface area contributed by atoms with E-state index in [9.17, 15) is 9.18 Å². The van der Waals surface area contributed by atoms with E-state index < -0.39 is 0 Å². The Morgan fingerprint density at radius 2 is 1.95 bits per heavy atom. The largest absolute Gasteiger partial charge is 0.395 e. The minimum Gasteiger partial charge on any atom is -0.395 e. The summed E-state index contributed by atoms with van der Waals surface area (Å²) in [7, 11) is 0. The molecule has 1 aromatic carbocycles. The summed E-state index contributed by atoms with van der Waals surface area (Å²) >= 11 is 0. The van der Waals surface area contributed by atoms with Crippen molar-refractivity contribution in [3.8, 4) is 0 Å². The van der Waals surface area contributed by atoms with Crippen molar-refractivity contribution in [1.29, 1.82) is 0 Å². The van der Waals surface area contributed by atoms with Gasteiger partial charge in [0.2, 0.25) is 0 Å². The molecule has 1 aliphatic rings. The van der Waals surface area contributed by atoms with Crippen LogP contribution in [0.4, 0.5) is 4.39 Å². The lowest BCUT2D eigenvalue weighted by Gasteiger charge is -2.20. The molecule has 1 N–H and O–H groups in total. The van der Waals surface area contributed by atoms with Crippen LogP contribution >= 0.6 is 0 Å². The van der Waals surface area contributed by atoms with Gasteiger partial charge in [0.15, 0.2) is 5.78 Å². The molecule has 0 bridgehead atoms. The van der Waals surface area contributed by atoms with Gasteiger partial charge in [-0.05, 0) is 50.1 Å². The number of ketones is 1. The molecular formula is C15H20FNO2. The van der Waals surface area contributed by atoms with Gasteiger partial charge in [-0.15, -0.1) is 0 Å². The number of halogens is 1. The first-order valence-corrected chi connectivity index (χ1v) is 6.84. The van der Waals surface area contributed by atoms with Crippen molar-refractivity contribution < 1.29 is 14.3 Å². The fourth-order valence-corrected chi connectivity index (χ4v) is 2.27. The van der Waals surface area contributed by atoms with Gasteiger partial charge in [0.25, 0.3) is 0 Å². The molecule has 0 aromatic heterocycles. The summed E-state index contributed by atoms with van der Waals surface area (Å²) in [5, 5.41) is 8.98. The third-order valence-electron chi connectivity index (χ3n) is 3.47. The fraction of sp³-hybridized carbons (Fsp3) is 0.533. The molecule has 1 aliphatic carbocycles. The summed E-state index contributed by atoms with van der Waals surface area (Å²) < 4.78 is 12.7. The van der Waals surface area contributed by atoms with Crippen LogP contribution in [-0.2, 0) is 0 Å². The summed E-state index contributed by atoms with van der Waals surface area (Å²) in [6.07, 6.45) is 3.66. The number of carbonyl (C=O) groups excluding carboxylic acids is 1. The number of aliphatic hydroxyl groups excluding tert-OH is 1. The van der Waals surface area contributed by atoms with Crippen LogP contribution in [-0.4, -0.2) is 41.5 Å². The highest BCUT2D eigenvalue weighted by atomic mass is 19.1. The predicted octanol–water partition coefficient (Wildman–Crippen LogP) is 2.25. The van der Waals surface area contributed by atoms with Gasteiger partial charge >= 0.3 is 0 Å². The highest BCUT2D eigenvalue weighted by Crippen LogP contribution is 2.26. The van der Waals surface area contributed by atoms with Gasteiger partial charge in [-0.25, -0.2) is 4.39 Å². The van der Waals surface area contributed by atoms with E-state index in [0.29, 0.717) is 24.6 Å². The van der Waals surface area contributed by atoms with Gasteiger partial charge in [-0.3, -0.25) is 9.69 Å². The number of aliphatic hydroxyl groups is 1. The molecule has 0 unspecified atom stereocenters. The van der Waals surface area contributed by atoms with E-state index in [1.54, 1.807) is 0 Å². The number of hydrogen-bond donors (Lipinski definition) is 1. The normalized spacial score (nSPS) is 14.9. The van der Waals surface area contributed by atoms with Crippen LogP contribution in [0.3, 0.4) is 0 Å². The van der Waals surface area contributed by atoms with Crippen LogP contribution in [0.2, 0.25) is 0 Å². The van der Waals surface area contributed by atoms with Gasteiger partial charge < -0.3 is 5.11 Å². The lowest BCUT2D eigenvalue weighted by atomic mass is 10.1. The van der Waals surface area contributed by atoms with E-state index in [0.717, 1.165) is 13.0 Å². The first-order valence-electron chi connectivity index (χ1n) is 6.84. The van der Waals surface area contributed by atoms with Gasteiger partial charge in [0.05, 0.1) is 6.61 Å². The van der Waals surface area contributed by atoms with Crippen molar-refractivity contribution >= 4 is 5.78 Å². The van der Waals surface area contributed by atoms with Crippen molar-refractivity contribution in [2.24, 2.45) is 0 Å². The second kappa shape index (κ2) is 6.78. The molecule has 0 spiro atoms. The number of Topliss-reactive ketones (excluding diaryl/α,β-unsaturated/α-hetero) is 1. The van der Waals surface area contributed by atoms with Crippen molar-refractivity contribution in [2.75, 3.05) is 19.7 Å². The molecule has 1 aromatic rings. The summed E-state index contributed by atoms with van der Waals surface area (Å²) in [6.45, 7) is 1.70. The van der Waals surface area contributed by atoms with Crippen LogP contribution in [0.5, 0.6) is 0 Å². The number of hydrogen-bond acceptors (Lipinski definition) is 3. The van der Waals surface area contributed by atoms with Crippen LogP contribution < -0.4 is 0 Å². The quantitative estimate of drug-likeness (QED) is 0.733. The first-order chi connectivity index (χ1) is 9.20. The van der Waals surface area contributed by atoms with Crippen LogP contribution in [0.25, 0.3) is 0 Å². The Labute approximate surface area is 113 Å². The average Bonchev–Trinajstić information content (AvgIpc) is 3.22. The Hall–Kier alpha value is -1.26. The Balaban J connectivity index is 1.75. The zero-order valence-electron chi connectivity index (χ0n) is 11.0. The topological polar surface area (TPSA) is 40.5 Å². The van der Waals surface area contributed by atoms with Crippen molar-refractivity contribution in [3.05, 3.63) is 35.6 Å². The smallest absolute Gasteiger partial charge is 0.162 e. The van der Waals surface area contributed by atoms with E-state index in [4.69, 9.17) is 5.11 Å². The Kier molecular flexibility index (Phi) is 5.05. The predicted molar refractivity (Wildman–Crippen MR) is 71.6 cm³/mol. The Morgan fingerprint density at radius 1 is 1.26 bits per heavy atom. The maximum Gasteiger partial charge on any atom is 0.162 e. The molecule has 4 heteroatoms. The molecule has 3 nitrogen and oxygen atoms in total. The first kappa shape index (κ1) is 14.2. The molecule has 0 atom stereocenters. The summed E-state index contributed by atoms with van der Waals surface area (Å²) in [5.74, 6) is -0.265. The van der Waals surface area contributed by atoms with Gasteiger partial charge in [-0.1, -0.05) is 0 Å². The monoisotopic (exact) mass is 265 g/mol. The second-order valence-corrected chi connectivity index (χ2v) is 5.02. The standard InChI is InChI=1S/C15H20FNO2/c16-13-5-3-12(4-6-13)15(19)2-1-9-17(10-11-18)14-7-8-14/h3-6,14,18H,1-2,7-11H2. The van der Waals surface area contributed by atoms with Crippen molar-refractivity contribution in [2.45, 2.75) is 31.7 Å².